The van der Waals surface area contributed by atoms with Crippen molar-refractivity contribution in [2.75, 3.05) is 18.5 Å². The van der Waals surface area contributed by atoms with Crippen LogP contribution in [0.5, 0.6) is 0 Å². The van der Waals surface area contributed by atoms with E-state index in [4.69, 9.17) is 10.2 Å². The molecule has 2 rings (SSSR count). The third-order valence-corrected chi connectivity index (χ3v) is 3.24. The Balaban J connectivity index is 2.30. The summed E-state index contributed by atoms with van der Waals surface area (Å²) in [6.45, 7) is -0.142. The number of anilines is 1. The molecule has 0 bridgehead atoms. The highest BCUT2D eigenvalue weighted by atomic mass is 32.1. The molecule has 0 fully saturated rings. The van der Waals surface area contributed by atoms with Crippen LogP contribution < -0.4 is 5.32 Å². The van der Waals surface area contributed by atoms with Crippen molar-refractivity contribution in [3.05, 3.63) is 29.6 Å². The zero-order chi connectivity index (χ0) is 10.7. The van der Waals surface area contributed by atoms with Gasteiger partial charge in [-0.05, 0) is 22.9 Å². The van der Waals surface area contributed by atoms with Gasteiger partial charge in [-0.2, -0.15) is 0 Å². The Bertz CT molecular complexity index is 437. The summed E-state index contributed by atoms with van der Waals surface area (Å²) in [6.07, 6.45) is 0. The molecule has 4 heteroatoms. The lowest BCUT2D eigenvalue weighted by Gasteiger charge is -2.15. The summed E-state index contributed by atoms with van der Waals surface area (Å²) < 4.78 is 1.16. The van der Waals surface area contributed by atoms with Gasteiger partial charge >= 0.3 is 0 Å². The molecule has 0 aliphatic heterocycles. The maximum atomic E-state index is 8.99. The summed E-state index contributed by atoms with van der Waals surface area (Å²) in [4.78, 5) is 0. The lowest BCUT2D eigenvalue weighted by atomic mass is 10.2. The van der Waals surface area contributed by atoms with E-state index in [0.29, 0.717) is 0 Å². The second-order valence-electron chi connectivity index (χ2n) is 3.35. The number of fused-ring (bicyclic) bond motifs is 1. The fourth-order valence-electron chi connectivity index (χ4n) is 1.48. The van der Waals surface area contributed by atoms with Gasteiger partial charge < -0.3 is 15.5 Å². The molecule has 1 aromatic carbocycles. The molecular formula is C11H13NO2S. The van der Waals surface area contributed by atoms with Crippen molar-refractivity contribution in [1.29, 1.82) is 0 Å². The fourth-order valence-corrected chi connectivity index (χ4v) is 2.35. The number of nitrogens with one attached hydrogen (secondary N) is 1. The highest BCUT2D eigenvalue weighted by Crippen LogP contribution is 2.28. The number of hydrogen-bond acceptors (Lipinski definition) is 4. The summed E-state index contributed by atoms with van der Waals surface area (Å²) in [5.74, 6) is 0. The van der Waals surface area contributed by atoms with Gasteiger partial charge in [-0.3, -0.25) is 0 Å². The molecule has 0 saturated carbocycles. The van der Waals surface area contributed by atoms with Crippen LogP contribution >= 0.6 is 11.3 Å². The molecular weight excluding hydrogens is 210 g/mol. The topological polar surface area (TPSA) is 52.5 Å². The molecule has 0 aliphatic rings. The average molecular weight is 223 g/mol. The van der Waals surface area contributed by atoms with E-state index in [1.54, 1.807) is 11.3 Å². The Labute approximate surface area is 92.0 Å². The van der Waals surface area contributed by atoms with Gasteiger partial charge in [0.2, 0.25) is 0 Å². The number of thiophene rings is 1. The fraction of sp³-hybridized carbons (Fsp3) is 0.273. The first kappa shape index (κ1) is 10.4. The third-order valence-electron chi connectivity index (χ3n) is 2.28. The van der Waals surface area contributed by atoms with E-state index in [9.17, 15) is 0 Å². The van der Waals surface area contributed by atoms with Crippen LogP contribution in [0.3, 0.4) is 0 Å². The normalized spacial score (nSPS) is 11.1. The Morgan fingerprint density at radius 2 is 2.00 bits per heavy atom. The van der Waals surface area contributed by atoms with Crippen LogP contribution in [-0.4, -0.2) is 29.5 Å². The third kappa shape index (κ3) is 2.12. The van der Waals surface area contributed by atoms with E-state index < -0.39 is 0 Å². The van der Waals surface area contributed by atoms with E-state index in [0.717, 1.165) is 10.4 Å². The van der Waals surface area contributed by atoms with E-state index in [-0.39, 0.29) is 19.3 Å². The van der Waals surface area contributed by atoms with Gasteiger partial charge in [-0.15, -0.1) is 11.3 Å². The van der Waals surface area contributed by atoms with Crippen LogP contribution in [0.2, 0.25) is 0 Å². The molecule has 15 heavy (non-hydrogen) atoms. The quantitative estimate of drug-likeness (QED) is 0.739. The molecule has 2 aromatic rings. The summed E-state index contributed by atoms with van der Waals surface area (Å²) in [5, 5.41) is 24.3. The molecule has 0 saturated heterocycles. The second kappa shape index (κ2) is 4.61. The van der Waals surface area contributed by atoms with Gasteiger partial charge in [-0.1, -0.05) is 12.1 Å². The summed E-state index contributed by atoms with van der Waals surface area (Å²) >= 11 is 1.65. The van der Waals surface area contributed by atoms with Gasteiger partial charge in [0.25, 0.3) is 0 Å². The van der Waals surface area contributed by atoms with Crippen molar-refractivity contribution in [2.24, 2.45) is 0 Å². The average Bonchev–Trinajstić information content (AvgIpc) is 2.74. The Morgan fingerprint density at radius 1 is 1.20 bits per heavy atom. The minimum atomic E-state index is -0.294. The minimum Gasteiger partial charge on any atom is -0.394 e. The van der Waals surface area contributed by atoms with Crippen molar-refractivity contribution in [1.82, 2.24) is 0 Å². The first-order valence-electron chi connectivity index (χ1n) is 4.79. The van der Waals surface area contributed by atoms with E-state index in [2.05, 4.69) is 11.4 Å². The molecule has 3 nitrogen and oxygen atoms in total. The summed E-state index contributed by atoms with van der Waals surface area (Å²) in [7, 11) is 0. The largest absolute Gasteiger partial charge is 0.394 e. The maximum absolute atomic E-state index is 8.99. The van der Waals surface area contributed by atoms with E-state index >= 15 is 0 Å². The lowest BCUT2D eigenvalue weighted by Crippen LogP contribution is -2.27. The van der Waals surface area contributed by atoms with Crippen LogP contribution in [0, 0.1) is 0 Å². The van der Waals surface area contributed by atoms with Crippen LogP contribution in [-0.2, 0) is 0 Å². The molecule has 1 aromatic heterocycles. The minimum absolute atomic E-state index is 0.0712. The van der Waals surface area contributed by atoms with Crippen LogP contribution in [0.15, 0.2) is 29.6 Å². The smallest absolute Gasteiger partial charge is 0.0723 e. The molecule has 0 amide bonds. The van der Waals surface area contributed by atoms with Gasteiger partial charge in [0.1, 0.15) is 0 Å². The SMILES string of the molecule is OCC(CO)Nc1cccc2ccsc12. The standard InChI is InChI=1S/C11H13NO2S/c13-6-9(7-14)12-10-3-1-2-8-4-5-15-11(8)10/h1-5,9,12-14H,6-7H2. The van der Waals surface area contributed by atoms with Gasteiger partial charge in [0.05, 0.1) is 29.6 Å². The van der Waals surface area contributed by atoms with Crippen molar-refractivity contribution >= 4 is 27.1 Å². The van der Waals surface area contributed by atoms with Crippen LogP contribution in [0.25, 0.3) is 10.1 Å². The summed E-state index contributed by atoms with van der Waals surface area (Å²) in [5.41, 5.74) is 0.968. The van der Waals surface area contributed by atoms with Crippen molar-refractivity contribution in [3.8, 4) is 0 Å². The first-order chi connectivity index (χ1) is 7.35. The highest BCUT2D eigenvalue weighted by Gasteiger charge is 2.07. The molecule has 0 radical (unpaired) electrons. The molecule has 0 aliphatic carbocycles. The lowest BCUT2D eigenvalue weighted by molar-refractivity contribution is 0.204. The predicted molar refractivity (Wildman–Crippen MR) is 63.4 cm³/mol. The Morgan fingerprint density at radius 3 is 2.73 bits per heavy atom. The second-order valence-corrected chi connectivity index (χ2v) is 4.27. The zero-order valence-electron chi connectivity index (χ0n) is 8.18. The number of hydrogen-bond donors (Lipinski definition) is 3. The number of rotatable bonds is 4. The Hall–Kier alpha value is -1.10. The van der Waals surface area contributed by atoms with Crippen molar-refractivity contribution in [3.63, 3.8) is 0 Å². The Kier molecular flexibility index (Phi) is 3.20. The zero-order valence-corrected chi connectivity index (χ0v) is 9.00. The molecule has 1 heterocycles. The van der Waals surface area contributed by atoms with Gasteiger partial charge in [0, 0.05) is 0 Å². The predicted octanol–water partition coefficient (Wildman–Crippen LogP) is 1.67. The monoisotopic (exact) mass is 223 g/mol. The summed E-state index contributed by atoms with van der Waals surface area (Å²) in [6, 6.07) is 7.72. The van der Waals surface area contributed by atoms with Crippen molar-refractivity contribution < 1.29 is 10.2 Å². The maximum Gasteiger partial charge on any atom is 0.0723 e. The number of aliphatic hydroxyl groups excluding tert-OH is 2. The molecule has 3 N–H and O–H groups in total. The van der Waals surface area contributed by atoms with Crippen molar-refractivity contribution in [2.45, 2.75) is 6.04 Å². The first-order valence-corrected chi connectivity index (χ1v) is 5.67. The number of aliphatic hydroxyl groups is 2. The molecule has 0 atom stereocenters. The van der Waals surface area contributed by atoms with Crippen LogP contribution in [0.1, 0.15) is 0 Å². The van der Waals surface area contributed by atoms with Gasteiger partial charge in [-0.25, -0.2) is 0 Å². The highest BCUT2D eigenvalue weighted by molar-refractivity contribution is 7.17. The van der Waals surface area contributed by atoms with E-state index in [1.165, 1.54) is 5.39 Å². The van der Waals surface area contributed by atoms with E-state index in [1.807, 2.05) is 23.6 Å². The molecule has 0 unspecified atom stereocenters. The van der Waals surface area contributed by atoms with Gasteiger partial charge in [0.15, 0.2) is 0 Å². The molecule has 80 valence electrons. The molecule has 0 spiro atoms. The number of benzene rings is 1. The van der Waals surface area contributed by atoms with Crippen LogP contribution in [0.4, 0.5) is 5.69 Å².